The molecule has 0 atom stereocenters. The SMILES string of the molecule is CCOC(=O)c1ccc(NC(=O)CNC(=O)N2CCN(c3ccccn3)CC2)cc1. The smallest absolute Gasteiger partial charge is 0.338 e. The molecule has 2 aromatic rings. The lowest BCUT2D eigenvalue weighted by atomic mass is 10.2. The lowest BCUT2D eigenvalue weighted by Crippen LogP contribution is -2.52. The lowest BCUT2D eigenvalue weighted by Gasteiger charge is -2.35. The summed E-state index contributed by atoms with van der Waals surface area (Å²) in [6, 6.07) is 11.9. The number of amides is 3. The van der Waals surface area contributed by atoms with E-state index in [9.17, 15) is 14.4 Å². The Morgan fingerprint density at radius 3 is 2.40 bits per heavy atom. The predicted molar refractivity (Wildman–Crippen MR) is 112 cm³/mol. The fraction of sp³-hybridized carbons (Fsp3) is 0.333. The molecule has 1 aromatic heterocycles. The second-order valence-electron chi connectivity index (χ2n) is 6.67. The van der Waals surface area contributed by atoms with E-state index in [4.69, 9.17) is 4.74 Å². The number of hydrogen-bond acceptors (Lipinski definition) is 6. The van der Waals surface area contributed by atoms with Crippen molar-refractivity contribution >= 4 is 29.4 Å². The van der Waals surface area contributed by atoms with E-state index in [0.29, 0.717) is 44.0 Å². The summed E-state index contributed by atoms with van der Waals surface area (Å²) in [5.41, 5.74) is 0.944. The maximum absolute atomic E-state index is 12.3. The van der Waals surface area contributed by atoms with E-state index >= 15 is 0 Å². The Bertz CT molecular complexity index is 865. The first-order valence-corrected chi connectivity index (χ1v) is 9.82. The number of nitrogens with zero attached hydrogens (tertiary/aromatic N) is 3. The van der Waals surface area contributed by atoms with Gasteiger partial charge in [-0.3, -0.25) is 4.79 Å². The Kier molecular flexibility index (Phi) is 7.20. The first kappa shape index (κ1) is 21.1. The van der Waals surface area contributed by atoms with Crippen LogP contribution in [-0.4, -0.2) is 67.1 Å². The third-order valence-corrected chi connectivity index (χ3v) is 4.62. The number of esters is 1. The van der Waals surface area contributed by atoms with E-state index in [-0.39, 0.29) is 18.5 Å². The molecule has 0 bridgehead atoms. The second kappa shape index (κ2) is 10.2. The van der Waals surface area contributed by atoms with Crippen molar-refractivity contribution in [3.05, 3.63) is 54.2 Å². The average molecular weight is 411 g/mol. The van der Waals surface area contributed by atoms with Gasteiger partial charge in [0.1, 0.15) is 5.82 Å². The third kappa shape index (κ3) is 5.69. The molecule has 9 heteroatoms. The van der Waals surface area contributed by atoms with Crippen molar-refractivity contribution in [1.29, 1.82) is 0 Å². The monoisotopic (exact) mass is 411 g/mol. The molecular weight excluding hydrogens is 386 g/mol. The topological polar surface area (TPSA) is 104 Å². The van der Waals surface area contributed by atoms with E-state index < -0.39 is 5.97 Å². The van der Waals surface area contributed by atoms with Crippen LogP contribution in [0.25, 0.3) is 0 Å². The normalized spacial score (nSPS) is 13.5. The molecule has 3 rings (SSSR count). The molecule has 0 saturated carbocycles. The molecule has 9 nitrogen and oxygen atoms in total. The van der Waals surface area contributed by atoms with Crippen molar-refractivity contribution in [2.45, 2.75) is 6.92 Å². The van der Waals surface area contributed by atoms with Crippen LogP contribution in [0.3, 0.4) is 0 Å². The fourth-order valence-corrected chi connectivity index (χ4v) is 3.06. The molecule has 1 aliphatic heterocycles. The van der Waals surface area contributed by atoms with Crippen LogP contribution in [0.2, 0.25) is 0 Å². The number of urea groups is 1. The highest BCUT2D eigenvalue weighted by Gasteiger charge is 2.22. The molecule has 3 amide bonds. The van der Waals surface area contributed by atoms with E-state index in [0.717, 1.165) is 5.82 Å². The number of carbonyl (C=O) groups is 3. The van der Waals surface area contributed by atoms with Gasteiger partial charge >= 0.3 is 12.0 Å². The summed E-state index contributed by atoms with van der Waals surface area (Å²) in [4.78, 5) is 44.2. The molecule has 1 aliphatic rings. The summed E-state index contributed by atoms with van der Waals surface area (Å²) in [5, 5.41) is 5.33. The minimum Gasteiger partial charge on any atom is -0.462 e. The number of benzene rings is 1. The number of ether oxygens (including phenoxy) is 1. The van der Waals surface area contributed by atoms with Crippen LogP contribution in [0.1, 0.15) is 17.3 Å². The van der Waals surface area contributed by atoms with E-state index in [1.165, 1.54) is 0 Å². The van der Waals surface area contributed by atoms with Gasteiger partial charge in [-0.15, -0.1) is 0 Å². The molecule has 1 fully saturated rings. The Balaban J connectivity index is 1.40. The summed E-state index contributed by atoms with van der Waals surface area (Å²) >= 11 is 0. The number of rotatable bonds is 6. The molecule has 30 heavy (non-hydrogen) atoms. The molecular formula is C21H25N5O4. The number of nitrogens with one attached hydrogen (secondary N) is 2. The van der Waals surface area contributed by atoms with Gasteiger partial charge in [-0.25, -0.2) is 14.6 Å². The van der Waals surface area contributed by atoms with Crippen molar-refractivity contribution in [2.75, 3.05) is 49.5 Å². The van der Waals surface area contributed by atoms with Gasteiger partial charge < -0.3 is 25.2 Å². The molecule has 0 spiro atoms. The van der Waals surface area contributed by atoms with E-state index in [1.807, 2.05) is 18.2 Å². The summed E-state index contributed by atoms with van der Waals surface area (Å²) in [6.07, 6.45) is 1.75. The van der Waals surface area contributed by atoms with Gasteiger partial charge in [0.2, 0.25) is 5.91 Å². The molecule has 2 heterocycles. The number of aromatic nitrogens is 1. The largest absolute Gasteiger partial charge is 0.462 e. The summed E-state index contributed by atoms with van der Waals surface area (Å²) in [7, 11) is 0. The van der Waals surface area contributed by atoms with Crippen LogP contribution < -0.4 is 15.5 Å². The first-order chi connectivity index (χ1) is 14.6. The highest BCUT2D eigenvalue weighted by molar-refractivity contribution is 5.95. The van der Waals surface area contributed by atoms with Crippen molar-refractivity contribution in [1.82, 2.24) is 15.2 Å². The highest BCUT2D eigenvalue weighted by atomic mass is 16.5. The molecule has 0 aliphatic carbocycles. The van der Waals surface area contributed by atoms with Gasteiger partial charge in [-0.1, -0.05) is 6.07 Å². The van der Waals surface area contributed by atoms with Gasteiger partial charge in [0.05, 0.1) is 18.7 Å². The zero-order valence-electron chi connectivity index (χ0n) is 16.8. The lowest BCUT2D eigenvalue weighted by molar-refractivity contribution is -0.115. The average Bonchev–Trinajstić information content (AvgIpc) is 2.79. The molecule has 2 N–H and O–H groups in total. The standard InChI is InChI=1S/C21H25N5O4/c1-2-30-20(28)16-6-8-17(9-7-16)24-19(27)15-23-21(29)26-13-11-25(12-14-26)18-5-3-4-10-22-18/h3-10H,2,11-15H2,1H3,(H,23,29)(H,24,27). The zero-order chi connectivity index (χ0) is 21.3. The van der Waals surface area contributed by atoms with Gasteiger partial charge in [-0.2, -0.15) is 0 Å². The first-order valence-electron chi connectivity index (χ1n) is 9.82. The number of hydrogen-bond donors (Lipinski definition) is 2. The van der Waals surface area contributed by atoms with Crippen LogP contribution in [0.5, 0.6) is 0 Å². The number of pyridine rings is 1. The minimum absolute atomic E-state index is 0.140. The maximum atomic E-state index is 12.3. The van der Waals surface area contributed by atoms with Crippen LogP contribution in [0.4, 0.5) is 16.3 Å². The molecule has 1 aromatic carbocycles. The summed E-state index contributed by atoms with van der Waals surface area (Å²) in [6.45, 7) is 4.38. The van der Waals surface area contributed by atoms with Crippen LogP contribution in [0, 0.1) is 0 Å². The van der Waals surface area contributed by atoms with Crippen LogP contribution in [-0.2, 0) is 9.53 Å². The summed E-state index contributed by atoms with van der Waals surface area (Å²) < 4.78 is 4.92. The molecule has 1 saturated heterocycles. The maximum Gasteiger partial charge on any atom is 0.338 e. The summed E-state index contributed by atoms with van der Waals surface area (Å²) in [5.74, 6) is 0.135. The van der Waals surface area contributed by atoms with Crippen molar-refractivity contribution in [3.63, 3.8) is 0 Å². The van der Waals surface area contributed by atoms with Crippen LogP contribution >= 0.6 is 0 Å². The highest BCUT2D eigenvalue weighted by Crippen LogP contribution is 2.13. The van der Waals surface area contributed by atoms with Gasteiger partial charge in [0.25, 0.3) is 0 Å². The van der Waals surface area contributed by atoms with Crippen LogP contribution in [0.15, 0.2) is 48.7 Å². The quantitative estimate of drug-likeness (QED) is 0.702. The fourth-order valence-electron chi connectivity index (χ4n) is 3.06. The minimum atomic E-state index is -0.411. The second-order valence-corrected chi connectivity index (χ2v) is 6.67. The van der Waals surface area contributed by atoms with E-state index in [1.54, 1.807) is 42.3 Å². The molecule has 0 unspecified atom stereocenters. The zero-order valence-corrected chi connectivity index (χ0v) is 16.8. The number of carbonyl (C=O) groups excluding carboxylic acids is 3. The number of piperazine rings is 1. The molecule has 0 radical (unpaired) electrons. The Hall–Kier alpha value is -3.62. The van der Waals surface area contributed by atoms with Crippen molar-refractivity contribution < 1.29 is 19.1 Å². The Morgan fingerprint density at radius 1 is 1.03 bits per heavy atom. The van der Waals surface area contributed by atoms with Crippen molar-refractivity contribution in [3.8, 4) is 0 Å². The Labute approximate surface area is 175 Å². The van der Waals surface area contributed by atoms with Crippen molar-refractivity contribution in [2.24, 2.45) is 0 Å². The predicted octanol–water partition coefficient (Wildman–Crippen LogP) is 1.73. The van der Waals surface area contributed by atoms with E-state index in [2.05, 4.69) is 20.5 Å². The van der Waals surface area contributed by atoms with Gasteiger partial charge in [-0.05, 0) is 43.3 Å². The number of anilines is 2. The Morgan fingerprint density at radius 2 is 1.77 bits per heavy atom. The van der Waals surface area contributed by atoms with Gasteiger partial charge in [0.15, 0.2) is 0 Å². The molecule has 158 valence electrons. The third-order valence-electron chi connectivity index (χ3n) is 4.62. The van der Waals surface area contributed by atoms with Gasteiger partial charge in [0, 0.05) is 38.1 Å².